The lowest BCUT2D eigenvalue weighted by atomic mass is 10.0. The van der Waals surface area contributed by atoms with Crippen LogP contribution in [0.4, 0.5) is 0 Å². The van der Waals surface area contributed by atoms with Crippen molar-refractivity contribution in [1.29, 1.82) is 5.26 Å². The second kappa shape index (κ2) is 5.53. The molecule has 0 radical (unpaired) electrons. The van der Waals surface area contributed by atoms with E-state index in [0.717, 1.165) is 32.2 Å². The minimum Gasteiger partial charge on any atom is -0.338 e. The summed E-state index contributed by atoms with van der Waals surface area (Å²) in [4.78, 5) is 14.4. The second-order valence-corrected chi connectivity index (χ2v) is 5.52. The van der Waals surface area contributed by atoms with Crippen LogP contribution in [0.15, 0.2) is 0 Å². The van der Waals surface area contributed by atoms with Crippen LogP contribution in [-0.4, -0.2) is 23.4 Å². The Balaban J connectivity index is 2.83. The van der Waals surface area contributed by atoms with E-state index in [0.29, 0.717) is 5.92 Å². The molecule has 1 fully saturated rings. The van der Waals surface area contributed by atoms with E-state index in [1.807, 2.05) is 4.90 Å². The molecule has 0 aromatic heterocycles. The monoisotopic (exact) mass is 236 g/mol. The van der Waals surface area contributed by atoms with Crippen molar-refractivity contribution in [3.8, 4) is 6.07 Å². The molecule has 17 heavy (non-hydrogen) atoms. The molecule has 1 aliphatic rings. The summed E-state index contributed by atoms with van der Waals surface area (Å²) in [6.07, 6.45) is 3.43. The van der Waals surface area contributed by atoms with Crippen molar-refractivity contribution in [2.45, 2.75) is 59.4 Å². The Labute approximate surface area is 105 Å². The van der Waals surface area contributed by atoms with Crippen LogP contribution in [0.1, 0.15) is 53.4 Å². The largest absolute Gasteiger partial charge is 0.338 e. The topological polar surface area (TPSA) is 44.1 Å². The third-order valence-electron chi connectivity index (χ3n) is 3.58. The van der Waals surface area contributed by atoms with Gasteiger partial charge in [-0.1, -0.05) is 27.7 Å². The van der Waals surface area contributed by atoms with Gasteiger partial charge in [-0.15, -0.1) is 0 Å². The number of hydrogen-bond donors (Lipinski definition) is 0. The lowest BCUT2D eigenvalue weighted by Crippen LogP contribution is -2.45. The third kappa shape index (κ3) is 3.00. The van der Waals surface area contributed by atoms with Crippen molar-refractivity contribution in [3.63, 3.8) is 0 Å². The van der Waals surface area contributed by atoms with E-state index in [-0.39, 0.29) is 11.9 Å². The minimum absolute atomic E-state index is 0.0717. The van der Waals surface area contributed by atoms with Crippen LogP contribution in [0.3, 0.4) is 0 Å². The number of nitrogens with zero attached hydrogens (tertiary/aromatic N) is 2. The molecule has 1 saturated carbocycles. The van der Waals surface area contributed by atoms with Gasteiger partial charge in [0, 0.05) is 12.6 Å². The lowest BCUT2D eigenvalue weighted by molar-refractivity contribution is -0.138. The summed E-state index contributed by atoms with van der Waals surface area (Å²) >= 11 is 0. The number of carbonyl (C=O) groups excluding carboxylic acids is 1. The molecule has 0 aliphatic heterocycles. The normalized spacial score (nSPS) is 17.0. The highest BCUT2D eigenvalue weighted by Crippen LogP contribution is 2.47. The fourth-order valence-corrected chi connectivity index (χ4v) is 2.29. The Kier molecular flexibility index (Phi) is 4.56. The van der Waals surface area contributed by atoms with Gasteiger partial charge in [0.15, 0.2) is 0 Å². The number of amides is 1. The number of hydrogen-bond acceptors (Lipinski definition) is 2. The van der Waals surface area contributed by atoms with Crippen LogP contribution in [0.25, 0.3) is 0 Å². The molecular weight excluding hydrogens is 212 g/mol. The van der Waals surface area contributed by atoms with Gasteiger partial charge < -0.3 is 4.90 Å². The maximum atomic E-state index is 12.5. The molecular formula is C14H24N2O. The summed E-state index contributed by atoms with van der Waals surface area (Å²) in [7, 11) is 0. The van der Waals surface area contributed by atoms with Gasteiger partial charge in [0.25, 0.3) is 0 Å². The first-order valence-corrected chi connectivity index (χ1v) is 6.73. The molecule has 0 N–H and O–H groups in total. The zero-order valence-corrected chi connectivity index (χ0v) is 11.5. The Morgan fingerprint density at radius 3 is 2.18 bits per heavy atom. The fraction of sp³-hybridized carbons (Fsp3) is 0.857. The summed E-state index contributed by atoms with van der Waals surface area (Å²) in [5.41, 5.74) is -0.669. The quantitative estimate of drug-likeness (QED) is 0.711. The lowest BCUT2D eigenvalue weighted by Gasteiger charge is -2.33. The first-order valence-electron chi connectivity index (χ1n) is 6.73. The molecule has 0 heterocycles. The van der Waals surface area contributed by atoms with Crippen molar-refractivity contribution >= 4 is 5.91 Å². The summed E-state index contributed by atoms with van der Waals surface area (Å²) in [6, 6.07) is 2.51. The van der Waals surface area contributed by atoms with Crippen molar-refractivity contribution in [2.24, 2.45) is 11.3 Å². The molecule has 0 aromatic rings. The Morgan fingerprint density at radius 1 is 1.35 bits per heavy atom. The standard InChI is InChI=1S/C14H24N2O/c1-5-12(6-2)16(9-11(3)4)13(17)14(10-15)7-8-14/h11-12H,5-9H2,1-4H3. The summed E-state index contributed by atoms with van der Waals surface area (Å²) < 4.78 is 0. The van der Waals surface area contributed by atoms with Crippen molar-refractivity contribution in [2.75, 3.05) is 6.54 Å². The molecule has 1 aliphatic carbocycles. The maximum absolute atomic E-state index is 12.5. The summed E-state index contributed by atoms with van der Waals surface area (Å²) in [6.45, 7) is 9.24. The smallest absolute Gasteiger partial charge is 0.243 e. The first-order chi connectivity index (χ1) is 8.00. The van der Waals surface area contributed by atoms with Gasteiger partial charge in [0.05, 0.1) is 6.07 Å². The van der Waals surface area contributed by atoms with E-state index in [2.05, 4.69) is 33.8 Å². The van der Waals surface area contributed by atoms with Gasteiger partial charge in [-0.3, -0.25) is 4.79 Å². The van der Waals surface area contributed by atoms with Crippen LogP contribution in [0, 0.1) is 22.7 Å². The minimum atomic E-state index is -0.669. The molecule has 0 saturated heterocycles. The van der Waals surface area contributed by atoms with Crippen molar-refractivity contribution in [1.82, 2.24) is 4.90 Å². The number of nitriles is 1. The van der Waals surface area contributed by atoms with Gasteiger partial charge in [-0.05, 0) is 31.6 Å². The zero-order chi connectivity index (χ0) is 13.1. The van der Waals surface area contributed by atoms with Crippen LogP contribution in [0.2, 0.25) is 0 Å². The first kappa shape index (κ1) is 14.0. The number of rotatable bonds is 6. The molecule has 1 rings (SSSR count). The van der Waals surface area contributed by atoms with E-state index in [1.54, 1.807) is 0 Å². The molecule has 3 nitrogen and oxygen atoms in total. The highest BCUT2D eigenvalue weighted by atomic mass is 16.2. The van der Waals surface area contributed by atoms with Gasteiger partial charge in [0.2, 0.25) is 5.91 Å². The molecule has 0 unspecified atom stereocenters. The van der Waals surface area contributed by atoms with Gasteiger partial charge >= 0.3 is 0 Å². The predicted octanol–water partition coefficient (Wildman–Crippen LogP) is 2.96. The Hall–Kier alpha value is -1.04. The van der Waals surface area contributed by atoms with Gasteiger partial charge in [-0.25, -0.2) is 0 Å². The average molecular weight is 236 g/mol. The maximum Gasteiger partial charge on any atom is 0.243 e. The fourth-order valence-electron chi connectivity index (χ4n) is 2.29. The molecule has 1 amide bonds. The highest BCUT2D eigenvalue weighted by Gasteiger charge is 2.53. The molecule has 0 spiro atoms. The van der Waals surface area contributed by atoms with Crippen LogP contribution < -0.4 is 0 Å². The van der Waals surface area contributed by atoms with E-state index in [9.17, 15) is 4.79 Å². The van der Waals surface area contributed by atoms with E-state index in [4.69, 9.17) is 5.26 Å². The predicted molar refractivity (Wildman–Crippen MR) is 68.2 cm³/mol. The third-order valence-corrected chi connectivity index (χ3v) is 3.58. The van der Waals surface area contributed by atoms with Crippen molar-refractivity contribution in [3.05, 3.63) is 0 Å². The molecule has 0 atom stereocenters. The summed E-state index contributed by atoms with van der Waals surface area (Å²) in [5, 5.41) is 9.14. The summed E-state index contributed by atoms with van der Waals surface area (Å²) in [5.74, 6) is 0.524. The molecule has 96 valence electrons. The molecule has 0 aromatic carbocycles. The van der Waals surface area contributed by atoms with E-state index < -0.39 is 5.41 Å². The van der Waals surface area contributed by atoms with Crippen LogP contribution in [-0.2, 0) is 4.79 Å². The number of carbonyl (C=O) groups is 1. The molecule has 0 bridgehead atoms. The average Bonchev–Trinajstić information content (AvgIpc) is 3.08. The van der Waals surface area contributed by atoms with E-state index >= 15 is 0 Å². The Morgan fingerprint density at radius 2 is 1.88 bits per heavy atom. The van der Waals surface area contributed by atoms with Crippen LogP contribution in [0.5, 0.6) is 0 Å². The highest BCUT2D eigenvalue weighted by molar-refractivity contribution is 5.88. The second-order valence-electron chi connectivity index (χ2n) is 5.52. The van der Waals surface area contributed by atoms with Crippen LogP contribution >= 0.6 is 0 Å². The molecule has 3 heteroatoms. The van der Waals surface area contributed by atoms with E-state index in [1.165, 1.54) is 0 Å². The van der Waals surface area contributed by atoms with Gasteiger partial charge in [-0.2, -0.15) is 5.26 Å². The van der Waals surface area contributed by atoms with Crippen molar-refractivity contribution < 1.29 is 4.79 Å². The van der Waals surface area contributed by atoms with Gasteiger partial charge in [0.1, 0.15) is 5.41 Å². The zero-order valence-electron chi connectivity index (χ0n) is 11.5. The Bertz CT molecular complexity index is 309. The SMILES string of the molecule is CCC(CC)N(CC(C)C)C(=O)C1(C#N)CC1.